The summed E-state index contributed by atoms with van der Waals surface area (Å²) >= 11 is 5.90. The maximum atomic E-state index is 9.36. The molecule has 1 unspecified atom stereocenters. The van der Waals surface area contributed by atoms with Crippen LogP contribution >= 0.6 is 11.6 Å². The second-order valence-electron chi connectivity index (χ2n) is 4.72. The van der Waals surface area contributed by atoms with E-state index in [1.165, 1.54) is 6.33 Å². The van der Waals surface area contributed by atoms with Gasteiger partial charge in [-0.2, -0.15) is 5.10 Å². The third-order valence-corrected chi connectivity index (χ3v) is 3.25. The van der Waals surface area contributed by atoms with Gasteiger partial charge in [0.2, 0.25) is 0 Å². The first-order valence-corrected chi connectivity index (χ1v) is 6.89. The van der Waals surface area contributed by atoms with Gasteiger partial charge in [0.25, 0.3) is 0 Å². The van der Waals surface area contributed by atoms with Crippen LogP contribution < -0.4 is 5.32 Å². The summed E-state index contributed by atoms with van der Waals surface area (Å²) in [6.07, 6.45) is 2.72. The van der Waals surface area contributed by atoms with Crippen LogP contribution in [0.3, 0.4) is 0 Å². The van der Waals surface area contributed by atoms with Gasteiger partial charge in [0, 0.05) is 11.6 Å². The number of rotatable bonds is 4. The molecule has 0 aliphatic carbocycles. The summed E-state index contributed by atoms with van der Waals surface area (Å²) in [5.74, 6) is 0.654. The van der Waals surface area contributed by atoms with Crippen molar-refractivity contribution in [2.75, 3.05) is 11.9 Å². The maximum absolute atomic E-state index is 9.36. The summed E-state index contributed by atoms with van der Waals surface area (Å²) < 4.78 is 1.72. The summed E-state index contributed by atoms with van der Waals surface area (Å²) in [6, 6.07) is 7.36. The van der Waals surface area contributed by atoms with Crippen LogP contribution in [0.25, 0.3) is 16.7 Å². The van der Waals surface area contributed by atoms with Gasteiger partial charge in [-0.05, 0) is 31.2 Å². The minimum absolute atomic E-state index is 0.415. The summed E-state index contributed by atoms with van der Waals surface area (Å²) in [7, 11) is 0. The first-order valence-electron chi connectivity index (χ1n) is 6.52. The number of aromatic nitrogens is 4. The summed E-state index contributed by atoms with van der Waals surface area (Å²) in [6.45, 7) is 2.13. The molecule has 6 nitrogen and oxygen atoms in total. The van der Waals surface area contributed by atoms with E-state index in [0.717, 1.165) is 11.1 Å². The standard InChI is InChI=1S/C14H14ClN5O/c1-9(21)6-16-13-12-7-19-20(14(12)18-8-17-13)11-4-2-10(15)3-5-11/h2-5,7-9,21H,6H2,1H3,(H,16,17,18). The first kappa shape index (κ1) is 13.8. The largest absolute Gasteiger partial charge is 0.392 e. The number of aliphatic hydroxyl groups is 1. The van der Waals surface area contributed by atoms with E-state index in [-0.39, 0.29) is 0 Å². The van der Waals surface area contributed by atoms with Crippen LogP contribution in [0.4, 0.5) is 5.82 Å². The molecule has 0 radical (unpaired) electrons. The Morgan fingerprint density at radius 1 is 1.29 bits per heavy atom. The predicted molar refractivity (Wildman–Crippen MR) is 81.8 cm³/mol. The van der Waals surface area contributed by atoms with Crippen molar-refractivity contribution in [3.05, 3.63) is 41.8 Å². The van der Waals surface area contributed by atoms with Gasteiger partial charge in [-0.15, -0.1) is 0 Å². The molecule has 2 heterocycles. The van der Waals surface area contributed by atoms with E-state index >= 15 is 0 Å². The van der Waals surface area contributed by atoms with Crippen LogP contribution in [0.5, 0.6) is 0 Å². The lowest BCUT2D eigenvalue weighted by Crippen LogP contribution is -2.16. The number of hydrogen-bond acceptors (Lipinski definition) is 5. The third kappa shape index (κ3) is 2.81. The molecule has 2 aromatic heterocycles. The molecule has 1 atom stereocenters. The molecule has 0 aliphatic rings. The monoisotopic (exact) mass is 303 g/mol. The molecule has 21 heavy (non-hydrogen) atoms. The van der Waals surface area contributed by atoms with Gasteiger partial charge in [-0.1, -0.05) is 11.6 Å². The maximum Gasteiger partial charge on any atom is 0.168 e. The lowest BCUT2D eigenvalue weighted by atomic mass is 10.3. The normalized spacial score (nSPS) is 12.5. The van der Waals surface area contributed by atoms with E-state index in [1.807, 2.05) is 12.1 Å². The quantitative estimate of drug-likeness (QED) is 0.773. The lowest BCUT2D eigenvalue weighted by Gasteiger charge is -2.08. The Bertz CT molecular complexity index is 754. The Morgan fingerprint density at radius 2 is 2.05 bits per heavy atom. The third-order valence-electron chi connectivity index (χ3n) is 3.00. The number of nitrogens with one attached hydrogen (secondary N) is 1. The highest BCUT2D eigenvalue weighted by Crippen LogP contribution is 2.22. The Hall–Kier alpha value is -2.18. The van der Waals surface area contributed by atoms with Gasteiger partial charge in [-0.3, -0.25) is 0 Å². The average molecular weight is 304 g/mol. The Labute approximate surface area is 126 Å². The molecule has 0 saturated carbocycles. The highest BCUT2D eigenvalue weighted by Gasteiger charge is 2.11. The van der Waals surface area contributed by atoms with Crippen LogP contribution in [0, 0.1) is 0 Å². The molecule has 0 amide bonds. The number of anilines is 1. The van der Waals surface area contributed by atoms with Crippen molar-refractivity contribution in [1.29, 1.82) is 0 Å². The fraction of sp³-hybridized carbons (Fsp3) is 0.214. The van der Waals surface area contributed by atoms with Gasteiger partial charge < -0.3 is 10.4 Å². The summed E-state index contributed by atoms with van der Waals surface area (Å²) in [4.78, 5) is 8.47. The topological polar surface area (TPSA) is 75.9 Å². The van der Waals surface area contributed by atoms with E-state index in [4.69, 9.17) is 11.6 Å². The molecular weight excluding hydrogens is 290 g/mol. The molecule has 0 aliphatic heterocycles. The van der Waals surface area contributed by atoms with Gasteiger partial charge >= 0.3 is 0 Å². The molecule has 0 spiro atoms. The molecule has 0 saturated heterocycles. The fourth-order valence-corrected chi connectivity index (χ4v) is 2.13. The second-order valence-corrected chi connectivity index (χ2v) is 5.16. The Balaban J connectivity index is 2.02. The number of aliphatic hydroxyl groups excluding tert-OH is 1. The van der Waals surface area contributed by atoms with E-state index in [9.17, 15) is 5.11 Å². The Kier molecular flexibility index (Phi) is 3.72. The number of nitrogens with zero attached hydrogens (tertiary/aromatic N) is 4. The average Bonchev–Trinajstić information content (AvgIpc) is 2.90. The summed E-state index contributed by atoms with van der Waals surface area (Å²) in [5, 5.41) is 18.3. The van der Waals surface area contributed by atoms with Crippen molar-refractivity contribution in [1.82, 2.24) is 19.7 Å². The minimum atomic E-state index is -0.457. The highest BCUT2D eigenvalue weighted by molar-refractivity contribution is 6.30. The van der Waals surface area contributed by atoms with Crippen molar-refractivity contribution in [3.63, 3.8) is 0 Å². The molecule has 2 N–H and O–H groups in total. The van der Waals surface area contributed by atoms with Crippen molar-refractivity contribution >= 4 is 28.5 Å². The second kappa shape index (κ2) is 5.67. The number of halogens is 1. The number of benzene rings is 1. The molecule has 1 aromatic carbocycles. The van der Waals surface area contributed by atoms with E-state index in [2.05, 4.69) is 20.4 Å². The van der Waals surface area contributed by atoms with Crippen LogP contribution in [-0.4, -0.2) is 37.5 Å². The van der Waals surface area contributed by atoms with Crippen LogP contribution in [0.15, 0.2) is 36.8 Å². The highest BCUT2D eigenvalue weighted by atomic mass is 35.5. The zero-order valence-electron chi connectivity index (χ0n) is 11.4. The van der Waals surface area contributed by atoms with E-state index in [0.29, 0.717) is 23.0 Å². The molecule has 7 heteroatoms. The number of fused-ring (bicyclic) bond motifs is 1. The predicted octanol–water partition coefficient (Wildman–Crippen LogP) is 2.26. The first-order chi connectivity index (χ1) is 10.1. The molecule has 108 valence electrons. The van der Waals surface area contributed by atoms with Crippen LogP contribution in [0.2, 0.25) is 5.02 Å². The van der Waals surface area contributed by atoms with E-state index < -0.39 is 6.10 Å². The smallest absolute Gasteiger partial charge is 0.168 e. The van der Waals surface area contributed by atoms with Gasteiger partial charge in [0.05, 0.1) is 23.4 Å². The molecular formula is C14H14ClN5O. The van der Waals surface area contributed by atoms with Gasteiger partial charge in [0.1, 0.15) is 12.1 Å². The molecule has 0 fully saturated rings. The van der Waals surface area contributed by atoms with Crippen molar-refractivity contribution in [2.45, 2.75) is 13.0 Å². The Morgan fingerprint density at radius 3 is 2.76 bits per heavy atom. The minimum Gasteiger partial charge on any atom is -0.392 e. The van der Waals surface area contributed by atoms with Crippen molar-refractivity contribution in [3.8, 4) is 5.69 Å². The zero-order chi connectivity index (χ0) is 14.8. The van der Waals surface area contributed by atoms with Crippen molar-refractivity contribution < 1.29 is 5.11 Å². The molecule has 3 aromatic rings. The SMILES string of the molecule is CC(O)CNc1ncnc2c1cnn2-c1ccc(Cl)cc1. The molecule has 3 rings (SSSR count). The summed E-state index contributed by atoms with van der Waals surface area (Å²) in [5.41, 5.74) is 1.56. The fourth-order valence-electron chi connectivity index (χ4n) is 2.00. The number of hydrogen-bond donors (Lipinski definition) is 2. The lowest BCUT2D eigenvalue weighted by molar-refractivity contribution is 0.208. The van der Waals surface area contributed by atoms with Gasteiger partial charge in [-0.25, -0.2) is 14.6 Å². The van der Waals surface area contributed by atoms with Gasteiger partial charge in [0.15, 0.2) is 5.65 Å². The van der Waals surface area contributed by atoms with Crippen LogP contribution in [0.1, 0.15) is 6.92 Å². The van der Waals surface area contributed by atoms with Crippen LogP contribution in [-0.2, 0) is 0 Å². The zero-order valence-corrected chi connectivity index (χ0v) is 12.1. The van der Waals surface area contributed by atoms with E-state index in [1.54, 1.807) is 29.9 Å². The van der Waals surface area contributed by atoms with Crippen molar-refractivity contribution in [2.24, 2.45) is 0 Å². The molecule has 0 bridgehead atoms.